The number of carbonyl (C=O) groups excluding carboxylic acids is 1. The van der Waals surface area contributed by atoms with Crippen LogP contribution in [0.15, 0.2) is 22.3 Å². The van der Waals surface area contributed by atoms with Crippen LogP contribution < -0.4 is 10.9 Å². The Bertz CT molecular complexity index is 992. The Kier molecular flexibility index (Phi) is 4.80. The van der Waals surface area contributed by atoms with Gasteiger partial charge in [0.2, 0.25) is 5.91 Å². The average molecular weight is 372 g/mol. The molecule has 26 heavy (non-hydrogen) atoms. The fourth-order valence-corrected chi connectivity index (χ4v) is 4.69. The van der Waals surface area contributed by atoms with Crippen LogP contribution >= 0.6 is 11.3 Å². The zero-order valence-electron chi connectivity index (χ0n) is 15.0. The molecule has 4 rings (SSSR count). The number of nitrogens with one attached hydrogen (secondary N) is 1. The van der Waals surface area contributed by atoms with Gasteiger partial charge in [0, 0.05) is 12.5 Å². The van der Waals surface area contributed by atoms with E-state index in [1.54, 1.807) is 11.3 Å². The minimum Gasteiger partial charge on any atom is -0.352 e. The molecule has 1 N–H and O–H groups in total. The standard InChI is InChI=1S/C19H24N4O2S/c1-2-17-21-22(12-18(24)20-13-7-5-3-4-6-8-13)19(25)15-11-16-14(23(15)17)9-10-26-16/h9-11,13H,2-8,12H2,1H3,(H,20,24). The number of carbonyl (C=O) groups is 1. The molecule has 7 heteroatoms. The molecule has 1 aliphatic carbocycles. The van der Waals surface area contributed by atoms with E-state index in [1.807, 2.05) is 28.8 Å². The van der Waals surface area contributed by atoms with Gasteiger partial charge < -0.3 is 5.32 Å². The summed E-state index contributed by atoms with van der Waals surface area (Å²) in [5.74, 6) is 0.682. The quantitative estimate of drug-likeness (QED) is 0.716. The van der Waals surface area contributed by atoms with Crippen LogP contribution in [0.2, 0.25) is 0 Å². The summed E-state index contributed by atoms with van der Waals surface area (Å²) in [6.07, 6.45) is 7.57. The van der Waals surface area contributed by atoms with E-state index in [4.69, 9.17) is 0 Å². The van der Waals surface area contributed by atoms with Crippen LogP contribution in [0.5, 0.6) is 0 Å². The van der Waals surface area contributed by atoms with Crippen LogP contribution in [0.25, 0.3) is 15.7 Å². The molecule has 0 spiro atoms. The van der Waals surface area contributed by atoms with Crippen molar-refractivity contribution in [3.8, 4) is 0 Å². The summed E-state index contributed by atoms with van der Waals surface area (Å²) in [6.45, 7) is 2.00. The lowest BCUT2D eigenvalue weighted by Crippen LogP contribution is -2.40. The van der Waals surface area contributed by atoms with Gasteiger partial charge in [0.05, 0.1) is 10.2 Å². The van der Waals surface area contributed by atoms with E-state index in [9.17, 15) is 9.59 Å². The lowest BCUT2D eigenvalue weighted by molar-refractivity contribution is -0.122. The zero-order chi connectivity index (χ0) is 18.1. The van der Waals surface area contributed by atoms with Gasteiger partial charge in [0.25, 0.3) is 5.56 Å². The van der Waals surface area contributed by atoms with Crippen LogP contribution in [0.4, 0.5) is 0 Å². The van der Waals surface area contributed by atoms with Gasteiger partial charge in [-0.1, -0.05) is 32.6 Å². The van der Waals surface area contributed by atoms with Crippen LogP contribution in [0.3, 0.4) is 0 Å². The number of rotatable bonds is 4. The Morgan fingerprint density at radius 3 is 2.77 bits per heavy atom. The van der Waals surface area contributed by atoms with Gasteiger partial charge in [0.15, 0.2) is 0 Å². The molecule has 0 radical (unpaired) electrons. The highest BCUT2D eigenvalue weighted by Crippen LogP contribution is 2.24. The third kappa shape index (κ3) is 3.16. The molecule has 1 fully saturated rings. The minimum absolute atomic E-state index is 0.0162. The fraction of sp³-hybridized carbons (Fsp3) is 0.526. The van der Waals surface area contributed by atoms with E-state index >= 15 is 0 Å². The maximum absolute atomic E-state index is 12.9. The van der Waals surface area contributed by atoms with Crippen molar-refractivity contribution in [2.75, 3.05) is 0 Å². The summed E-state index contributed by atoms with van der Waals surface area (Å²) in [5.41, 5.74) is 1.41. The SMILES string of the molecule is CCc1nn(CC(=O)NC2CCCCCC2)c(=O)c2cc3sccc3n12. The predicted octanol–water partition coefficient (Wildman–Crippen LogP) is 3.11. The maximum atomic E-state index is 12.9. The van der Waals surface area contributed by atoms with Gasteiger partial charge in [-0.15, -0.1) is 11.3 Å². The van der Waals surface area contributed by atoms with Crippen LogP contribution in [0, 0.1) is 0 Å². The Hall–Kier alpha value is -2.15. The van der Waals surface area contributed by atoms with Gasteiger partial charge in [-0.25, -0.2) is 4.68 Å². The molecular formula is C19H24N4O2S. The molecule has 138 valence electrons. The van der Waals surface area contributed by atoms with Gasteiger partial charge in [-0.3, -0.25) is 14.0 Å². The molecule has 3 aromatic heterocycles. The first-order chi connectivity index (χ1) is 12.7. The van der Waals surface area contributed by atoms with Crippen molar-refractivity contribution in [2.24, 2.45) is 0 Å². The van der Waals surface area contributed by atoms with Gasteiger partial charge in [-0.05, 0) is 30.4 Å². The van der Waals surface area contributed by atoms with E-state index in [0.29, 0.717) is 11.9 Å². The minimum atomic E-state index is -0.207. The fourth-order valence-electron chi connectivity index (χ4n) is 3.89. The first kappa shape index (κ1) is 17.3. The summed E-state index contributed by atoms with van der Waals surface area (Å²) < 4.78 is 4.32. The van der Waals surface area contributed by atoms with E-state index in [-0.39, 0.29) is 24.1 Å². The molecule has 0 aliphatic heterocycles. The molecule has 0 aromatic carbocycles. The first-order valence-corrected chi connectivity index (χ1v) is 10.3. The summed E-state index contributed by atoms with van der Waals surface area (Å²) in [7, 11) is 0. The topological polar surface area (TPSA) is 68.4 Å². The zero-order valence-corrected chi connectivity index (χ0v) is 15.8. The van der Waals surface area contributed by atoms with Gasteiger partial charge in [0.1, 0.15) is 17.9 Å². The first-order valence-electron chi connectivity index (χ1n) is 9.45. The molecule has 3 aromatic rings. The van der Waals surface area contributed by atoms with Crippen molar-refractivity contribution in [2.45, 2.75) is 64.5 Å². The predicted molar refractivity (Wildman–Crippen MR) is 104 cm³/mol. The molecule has 1 aliphatic rings. The summed E-state index contributed by atoms with van der Waals surface area (Å²) >= 11 is 1.61. The highest BCUT2D eigenvalue weighted by molar-refractivity contribution is 7.17. The maximum Gasteiger partial charge on any atom is 0.291 e. The van der Waals surface area contributed by atoms with Crippen molar-refractivity contribution in [1.82, 2.24) is 19.5 Å². The second kappa shape index (κ2) is 7.23. The molecule has 6 nitrogen and oxygen atoms in total. The molecule has 0 unspecified atom stereocenters. The van der Waals surface area contributed by atoms with Crippen LogP contribution in [0.1, 0.15) is 51.3 Å². The Morgan fingerprint density at radius 1 is 1.27 bits per heavy atom. The third-order valence-corrected chi connectivity index (χ3v) is 6.05. The second-order valence-electron chi connectivity index (χ2n) is 7.02. The molecule has 1 saturated carbocycles. The highest BCUT2D eigenvalue weighted by atomic mass is 32.1. The number of aromatic nitrogens is 3. The lowest BCUT2D eigenvalue weighted by Gasteiger charge is -2.16. The Morgan fingerprint density at radius 2 is 2.04 bits per heavy atom. The average Bonchev–Trinajstić information content (AvgIpc) is 3.12. The van der Waals surface area contributed by atoms with E-state index in [1.165, 1.54) is 17.5 Å². The largest absolute Gasteiger partial charge is 0.352 e. The van der Waals surface area contributed by atoms with Crippen molar-refractivity contribution in [1.29, 1.82) is 0 Å². The Labute approximate surface area is 155 Å². The number of aryl methyl sites for hydroxylation is 1. The highest BCUT2D eigenvalue weighted by Gasteiger charge is 2.18. The van der Waals surface area contributed by atoms with Crippen molar-refractivity contribution >= 4 is 33.0 Å². The number of fused-ring (bicyclic) bond motifs is 3. The smallest absolute Gasteiger partial charge is 0.291 e. The third-order valence-electron chi connectivity index (χ3n) is 5.20. The number of hydrogen-bond donors (Lipinski definition) is 1. The van der Waals surface area contributed by atoms with Gasteiger partial charge >= 0.3 is 0 Å². The van der Waals surface area contributed by atoms with Crippen molar-refractivity contribution in [3.63, 3.8) is 0 Å². The van der Waals surface area contributed by atoms with Crippen LogP contribution in [-0.2, 0) is 17.8 Å². The number of amides is 1. The van der Waals surface area contributed by atoms with Crippen LogP contribution in [-0.4, -0.2) is 26.1 Å². The molecule has 1 amide bonds. The number of nitrogens with zero attached hydrogens (tertiary/aromatic N) is 3. The normalized spacial score (nSPS) is 16.2. The lowest BCUT2D eigenvalue weighted by atomic mass is 10.1. The summed E-state index contributed by atoms with van der Waals surface area (Å²) in [6, 6.07) is 4.15. The number of thiophene rings is 1. The van der Waals surface area contributed by atoms with E-state index in [0.717, 1.165) is 41.7 Å². The number of hydrogen-bond acceptors (Lipinski definition) is 4. The summed E-state index contributed by atoms with van der Waals surface area (Å²) in [5, 5.41) is 9.60. The molecule has 3 heterocycles. The summed E-state index contributed by atoms with van der Waals surface area (Å²) in [4.78, 5) is 25.3. The van der Waals surface area contributed by atoms with E-state index < -0.39 is 0 Å². The molecule has 0 saturated heterocycles. The van der Waals surface area contributed by atoms with Gasteiger partial charge in [-0.2, -0.15) is 5.10 Å². The molecule has 0 bridgehead atoms. The van der Waals surface area contributed by atoms with E-state index in [2.05, 4.69) is 10.4 Å². The molecular weight excluding hydrogens is 348 g/mol. The van der Waals surface area contributed by atoms with Crippen molar-refractivity contribution < 1.29 is 4.79 Å². The second-order valence-corrected chi connectivity index (χ2v) is 7.97. The van der Waals surface area contributed by atoms with Crippen molar-refractivity contribution in [3.05, 3.63) is 33.7 Å². The monoisotopic (exact) mass is 372 g/mol. The molecule has 0 atom stereocenters. The Balaban J connectivity index is 1.62.